The Hall–Kier alpha value is -2.54. The van der Waals surface area contributed by atoms with E-state index >= 15 is 0 Å². The van der Waals surface area contributed by atoms with Crippen LogP contribution in [0, 0.1) is 6.92 Å². The molecule has 8 heteroatoms. The first-order valence-corrected chi connectivity index (χ1v) is 11.8. The van der Waals surface area contributed by atoms with Crippen LogP contribution in [0.25, 0.3) is 11.1 Å². The van der Waals surface area contributed by atoms with Crippen LogP contribution in [0.2, 0.25) is 5.02 Å². The number of carbonyl (C=O) groups excluding carboxylic acids is 1. The molecule has 5 nitrogen and oxygen atoms in total. The molecule has 0 heterocycles. The molecule has 0 bridgehead atoms. The lowest BCUT2D eigenvalue weighted by molar-refractivity contribution is 0.158. The monoisotopic (exact) mass is 461 g/mol. The van der Waals surface area contributed by atoms with Gasteiger partial charge < -0.3 is 4.74 Å². The molecule has 1 aliphatic carbocycles. The first-order valence-electron chi connectivity index (χ1n) is 9.12. The summed E-state index contributed by atoms with van der Waals surface area (Å²) >= 11 is 6.00. The molecular formula is C22H17Cl2NO4S. The van der Waals surface area contributed by atoms with Crippen molar-refractivity contribution in [3.8, 4) is 11.1 Å². The highest BCUT2D eigenvalue weighted by molar-refractivity contribution is 8.13. The van der Waals surface area contributed by atoms with Crippen LogP contribution in [0.5, 0.6) is 0 Å². The number of nitrogens with one attached hydrogen (secondary N) is 1. The molecule has 4 rings (SSSR count). The van der Waals surface area contributed by atoms with E-state index in [1.54, 1.807) is 6.92 Å². The standard InChI is InChI=1S/C22H17Cl2NO4S/c1-13-10-20(21(11-19(13)23)30(24,27)28)25-22(26)29-12-18-16-8-4-2-6-14(16)15-7-3-5-9-17(15)18/h2-11,18H,12H2,1H3,(H,25,26). The molecule has 30 heavy (non-hydrogen) atoms. The van der Waals surface area contributed by atoms with E-state index in [1.165, 1.54) is 12.1 Å². The number of carbonyl (C=O) groups is 1. The van der Waals surface area contributed by atoms with Crippen molar-refractivity contribution in [3.63, 3.8) is 0 Å². The molecule has 0 unspecified atom stereocenters. The number of amides is 1. The second-order valence-corrected chi connectivity index (χ2v) is 9.93. The molecule has 0 aliphatic heterocycles. The van der Waals surface area contributed by atoms with E-state index in [4.69, 9.17) is 27.0 Å². The van der Waals surface area contributed by atoms with E-state index in [1.807, 2.05) is 48.5 Å². The highest BCUT2D eigenvalue weighted by Crippen LogP contribution is 2.44. The highest BCUT2D eigenvalue weighted by atomic mass is 35.7. The van der Waals surface area contributed by atoms with Gasteiger partial charge in [0.25, 0.3) is 9.05 Å². The van der Waals surface area contributed by atoms with Gasteiger partial charge in [-0.05, 0) is 46.9 Å². The number of hydrogen-bond acceptors (Lipinski definition) is 4. The summed E-state index contributed by atoms with van der Waals surface area (Å²) in [6.07, 6.45) is -0.778. The lowest BCUT2D eigenvalue weighted by Gasteiger charge is -2.16. The normalized spacial score (nSPS) is 12.9. The topological polar surface area (TPSA) is 72.5 Å². The van der Waals surface area contributed by atoms with Crippen molar-refractivity contribution in [3.05, 3.63) is 82.4 Å². The molecule has 0 aromatic heterocycles. The minimum Gasteiger partial charge on any atom is -0.448 e. The molecule has 0 saturated heterocycles. The fourth-order valence-corrected chi connectivity index (χ4v) is 4.95. The van der Waals surface area contributed by atoms with Gasteiger partial charge >= 0.3 is 6.09 Å². The van der Waals surface area contributed by atoms with Crippen LogP contribution >= 0.6 is 22.3 Å². The summed E-state index contributed by atoms with van der Waals surface area (Å²) in [6, 6.07) is 18.6. The Morgan fingerprint density at radius 1 is 1.03 bits per heavy atom. The number of benzene rings is 3. The van der Waals surface area contributed by atoms with Gasteiger partial charge in [-0.1, -0.05) is 60.1 Å². The molecule has 0 spiro atoms. The van der Waals surface area contributed by atoms with Gasteiger partial charge in [0.2, 0.25) is 0 Å². The SMILES string of the molecule is Cc1cc(NC(=O)OCC2c3ccccc3-c3ccccc32)c(S(=O)(=O)Cl)cc1Cl. The Morgan fingerprint density at radius 2 is 1.60 bits per heavy atom. The minimum atomic E-state index is -4.11. The predicted molar refractivity (Wildman–Crippen MR) is 118 cm³/mol. The summed E-state index contributed by atoms with van der Waals surface area (Å²) in [6.45, 7) is 1.80. The molecule has 3 aromatic carbocycles. The first-order chi connectivity index (χ1) is 14.3. The number of aryl methyl sites for hydroxylation is 1. The second-order valence-electron chi connectivity index (χ2n) is 6.99. The first kappa shape index (κ1) is 20.7. The number of rotatable bonds is 4. The number of halogens is 2. The Kier molecular flexibility index (Phi) is 5.49. The predicted octanol–water partition coefficient (Wildman–Crippen LogP) is 5.94. The number of fused-ring (bicyclic) bond motifs is 3. The smallest absolute Gasteiger partial charge is 0.411 e. The van der Waals surface area contributed by atoms with Crippen molar-refractivity contribution in [1.82, 2.24) is 0 Å². The van der Waals surface area contributed by atoms with E-state index < -0.39 is 15.1 Å². The van der Waals surface area contributed by atoms with Crippen LogP contribution in [0.15, 0.2) is 65.6 Å². The summed E-state index contributed by atoms with van der Waals surface area (Å²) in [7, 11) is 1.37. The molecular weight excluding hydrogens is 445 g/mol. The summed E-state index contributed by atoms with van der Waals surface area (Å²) in [5.41, 5.74) is 5.01. The molecule has 0 saturated carbocycles. The van der Waals surface area contributed by atoms with E-state index in [-0.39, 0.29) is 28.1 Å². The summed E-state index contributed by atoms with van der Waals surface area (Å²) in [5, 5.41) is 2.70. The van der Waals surface area contributed by atoms with Crippen LogP contribution in [0.1, 0.15) is 22.6 Å². The zero-order valence-electron chi connectivity index (χ0n) is 15.9. The zero-order chi connectivity index (χ0) is 21.5. The Morgan fingerprint density at radius 3 is 2.17 bits per heavy atom. The van der Waals surface area contributed by atoms with Crippen LogP contribution < -0.4 is 5.32 Å². The van der Waals surface area contributed by atoms with Crippen molar-refractivity contribution in [2.24, 2.45) is 0 Å². The summed E-state index contributed by atoms with van der Waals surface area (Å²) in [4.78, 5) is 12.2. The third-order valence-electron chi connectivity index (χ3n) is 5.10. The molecule has 3 aromatic rings. The van der Waals surface area contributed by atoms with Gasteiger partial charge in [0.15, 0.2) is 0 Å². The molecule has 0 atom stereocenters. The number of anilines is 1. The maximum Gasteiger partial charge on any atom is 0.411 e. The van der Waals surface area contributed by atoms with E-state index in [9.17, 15) is 13.2 Å². The third-order valence-corrected chi connectivity index (χ3v) is 6.87. The maximum atomic E-state index is 12.5. The molecule has 1 aliphatic rings. The molecule has 154 valence electrons. The Labute approximate surface area is 184 Å². The van der Waals surface area contributed by atoms with Gasteiger partial charge in [-0.3, -0.25) is 5.32 Å². The fourth-order valence-electron chi connectivity index (χ4n) is 3.71. The van der Waals surface area contributed by atoms with Crippen LogP contribution in [-0.4, -0.2) is 21.1 Å². The second kappa shape index (κ2) is 7.95. The quantitative estimate of drug-likeness (QED) is 0.488. The molecule has 1 N–H and O–H groups in total. The molecule has 0 radical (unpaired) electrons. The van der Waals surface area contributed by atoms with E-state index in [0.29, 0.717) is 5.56 Å². The van der Waals surface area contributed by atoms with Crippen molar-refractivity contribution in [2.45, 2.75) is 17.7 Å². The van der Waals surface area contributed by atoms with Gasteiger partial charge in [0.1, 0.15) is 11.5 Å². The van der Waals surface area contributed by atoms with E-state index in [2.05, 4.69) is 5.32 Å². The fraction of sp³-hybridized carbons (Fsp3) is 0.136. The average molecular weight is 462 g/mol. The highest BCUT2D eigenvalue weighted by Gasteiger charge is 2.29. The van der Waals surface area contributed by atoms with Crippen molar-refractivity contribution in [1.29, 1.82) is 0 Å². The van der Waals surface area contributed by atoms with Crippen LogP contribution in [-0.2, 0) is 13.8 Å². The number of hydrogen-bond donors (Lipinski definition) is 1. The third kappa shape index (κ3) is 3.90. The van der Waals surface area contributed by atoms with Gasteiger partial charge in [-0.15, -0.1) is 0 Å². The largest absolute Gasteiger partial charge is 0.448 e. The van der Waals surface area contributed by atoms with Crippen LogP contribution in [0.3, 0.4) is 0 Å². The molecule has 1 amide bonds. The Bertz CT molecular complexity index is 1210. The van der Waals surface area contributed by atoms with Crippen molar-refractivity contribution in [2.75, 3.05) is 11.9 Å². The summed E-state index contributed by atoms with van der Waals surface area (Å²) < 4.78 is 29.2. The van der Waals surface area contributed by atoms with Crippen LogP contribution in [0.4, 0.5) is 10.5 Å². The van der Waals surface area contributed by atoms with Gasteiger partial charge in [-0.2, -0.15) is 0 Å². The number of ether oxygens (including phenoxy) is 1. The molecule has 0 fully saturated rings. The Balaban J connectivity index is 1.55. The lowest BCUT2D eigenvalue weighted by Crippen LogP contribution is -2.19. The maximum absolute atomic E-state index is 12.5. The zero-order valence-corrected chi connectivity index (χ0v) is 18.2. The van der Waals surface area contributed by atoms with E-state index in [0.717, 1.165) is 22.3 Å². The van der Waals surface area contributed by atoms with Crippen molar-refractivity contribution >= 4 is 43.1 Å². The van der Waals surface area contributed by atoms with Crippen molar-refractivity contribution < 1.29 is 17.9 Å². The minimum absolute atomic E-state index is 0.0177. The lowest BCUT2D eigenvalue weighted by atomic mass is 9.98. The van der Waals surface area contributed by atoms with Gasteiger partial charge in [0.05, 0.1) is 5.69 Å². The average Bonchev–Trinajstić information content (AvgIpc) is 3.02. The summed E-state index contributed by atoms with van der Waals surface area (Å²) in [5.74, 6) is -0.105. The van der Waals surface area contributed by atoms with Gasteiger partial charge in [0, 0.05) is 21.6 Å². The van der Waals surface area contributed by atoms with Gasteiger partial charge in [-0.25, -0.2) is 13.2 Å².